The van der Waals surface area contributed by atoms with Crippen LogP contribution in [-0.4, -0.2) is 21.6 Å². The van der Waals surface area contributed by atoms with E-state index in [1.807, 2.05) is 36.4 Å². The fourth-order valence-corrected chi connectivity index (χ4v) is 3.39. The second kappa shape index (κ2) is 9.03. The molecule has 0 radical (unpaired) electrons. The summed E-state index contributed by atoms with van der Waals surface area (Å²) in [5.74, 6) is 0.467. The van der Waals surface area contributed by atoms with E-state index in [1.165, 1.54) is 18.1 Å². The van der Waals surface area contributed by atoms with Gasteiger partial charge < -0.3 is 5.32 Å². The highest BCUT2D eigenvalue weighted by Gasteiger charge is 2.08. The summed E-state index contributed by atoms with van der Waals surface area (Å²) in [5, 5.41) is 4.58. The normalized spacial score (nSPS) is 10.5. The Hall–Kier alpha value is -2.08. The van der Waals surface area contributed by atoms with Gasteiger partial charge in [0, 0.05) is 22.8 Å². The van der Waals surface area contributed by atoms with Crippen molar-refractivity contribution < 1.29 is 4.79 Å². The van der Waals surface area contributed by atoms with Crippen molar-refractivity contribution >= 4 is 46.6 Å². The second-order valence-electron chi connectivity index (χ2n) is 5.38. The molecule has 2 aromatic carbocycles. The summed E-state index contributed by atoms with van der Waals surface area (Å²) in [5.41, 5.74) is 2.41. The first-order valence-electron chi connectivity index (χ1n) is 7.87. The van der Waals surface area contributed by atoms with E-state index >= 15 is 0 Å². The minimum atomic E-state index is -0.126. The summed E-state index contributed by atoms with van der Waals surface area (Å²) in [4.78, 5) is 20.6. The number of rotatable bonds is 6. The molecular formula is C19H15Cl2N3OS. The Morgan fingerprint density at radius 3 is 2.65 bits per heavy atom. The van der Waals surface area contributed by atoms with Gasteiger partial charge >= 0.3 is 0 Å². The van der Waals surface area contributed by atoms with Crippen molar-refractivity contribution in [3.05, 3.63) is 71.0 Å². The molecule has 1 N–H and O–H groups in total. The Labute approximate surface area is 166 Å². The van der Waals surface area contributed by atoms with Gasteiger partial charge in [-0.15, -0.1) is 11.8 Å². The van der Waals surface area contributed by atoms with Crippen LogP contribution in [0.2, 0.25) is 10.0 Å². The minimum absolute atomic E-state index is 0.126. The molecular weight excluding hydrogens is 389 g/mol. The molecule has 4 nitrogen and oxygen atoms in total. The average molecular weight is 404 g/mol. The Morgan fingerprint density at radius 2 is 1.85 bits per heavy atom. The topological polar surface area (TPSA) is 54.9 Å². The third kappa shape index (κ3) is 5.21. The largest absolute Gasteiger partial charge is 0.325 e. The Kier molecular flexibility index (Phi) is 6.50. The summed E-state index contributed by atoms with van der Waals surface area (Å²) in [6.07, 6.45) is 1.87. The number of nitrogens with zero attached hydrogens (tertiary/aromatic N) is 2. The van der Waals surface area contributed by atoms with Crippen LogP contribution in [-0.2, 0) is 4.79 Å². The first-order chi connectivity index (χ1) is 12.6. The number of nitrogens with one attached hydrogen (secondary N) is 1. The molecule has 0 aliphatic rings. The second-order valence-corrected chi connectivity index (χ2v) is 7.34. The molecule has 0 fully saturated rings. The van der Waals surface area contributed by atoms with E-state index in [0.29, 0.717) is 27.9 Å². The van der Waals surface area contributed by atoms with E-state index in [0.717, 1.165) is 16.3 Å². The molecule has 1 heterocycles. The molecule has 132 valence electrons. The molecule has 7 heteroatoms. The summed E-state index contributed by atoms with van der Waals surface area (Å²) in [7, 11) is 0. The number of hydrogen-bond acceptors (Lipinski definition) is 4. The summed E-state index contributed by atoms with van der Waals surface area (Å²) in [6.45, 7) is 0. The van der Waals surface area contributed by atoms with Crippen LogP contribution in [0.1, 0.15) is 6.42 Å². The van der Waals surface area contributed by atoms with Gasteiger partial charge in [-0.25, -0.2) is 9.97 Å². The number of thioether (sulfide) groups is 1. The summed E-state index contributed by atoms with van der Waals surface area (Å²) < 4.78 is 0. The number of hydrogen-bond donors (Lipinski definition) is 1. The molecule has 3 rings (SSSR count). The zero-order chi connectivity index (χ0) is 18.4. The van der Waals surface area contributed by atoms with Crippen molar-refractivity contribution in [3.8, 4) is 11.3 Å². The minimum Gasteiger partial charge on any atom is -0.325 e. The van der Waals surface area contributed by atoms with Gasteiger partial charge in [-0.2, -0.15) is 0 Å². The number of carbonyl (C=O) groups excluding carboxylic acids is 1. The highest BCUT2D eigenvalue weighted by atomic mass is 35.5. The number of carbonyl (C=O) groups is 1. The smallest absolute Gasteiger partial charge is 0.225 e. The number of halogens is 2. The highest BCUT2D eigenvalue weighted by molar-refractivity contribution is 7.99. The third-order valence-corrected chi connectivity index (χ3v) is 4.99. The molecule has 0 unspecified atom stereocenters. The van der Waals surface area contributed by atoms with Gasteiger partial charge in [0.1, 0.15) is 6.33 Å². The predicted octanol–water partition coefficient (Wildman–Crippen LogP) is 5.57. The third-order valence-electron chi connectivity index (χ3n) is 3.49. The van der Waals surface area contributed by atoms with Crippen molar-refractivity contribution in [1.82, 2.24) is 9.97 Å². The van der Waals surface area contributed by atoms with Gasteiger partial charge in [-0.05, 0) is 24.3 Å². The molecule has 0 aliphatic heterocycles. The maximum absolute atomic E-state index is 12.1. The van der Waals surface area contributed by atoms with E-state index < -0.39 is 0 Å². The van der Waals surface area contributed by atoms with Gasteiger partial charge in [0.25, 0.3) is 0 Å². The van der Waals surface area contributed by atoms with Crippen LogP contribution in [0, 0.1) is 0 Å². The molecule has 0 bridgehead atoms. The van der Waals surface area contributed by atoms with E-state index in [2.05, 4.69) is 15.3 Å². The molecule has 0 saturated heterocycles. The first-order valence-corrected chi connectivity index (χ1v) is 9.61. The van der Waals surface area contributed by atoms with E-state index in [4.69, 9.17) is 23.2 Å². The van der Waals surface area contributed by atoms with Crippen molar-refractivity contribution in [2.24, 2.45) is 0 Å². The van der Waals surface area contributed by atoms with Crippen LogP contribution >= 0.6 is 35.0 Å². The molecule has 0 spiro atoms. The molecule has 1 amide bonds. The lowest BCUT2D eigenvalue weighted by Gasteiger charge is -2.08. The maximum atomic E-state index is 12.1. The Balaban J connectivity index is 1.55. The van der Waals surface area contributed by atoms with Gasteiger partial charge in [0.15, 0.2) is 0 Å². The summed E-state index contributed by atoms with van der Waals surface area (Å²) in [6, 6.07) is 16.8. The number of anilines is 1. The van der Waals surface area contributed by atoms with Crippen molar-refractivity contribution in [3.63, 3.8) is 0 Å². The lowest BCUT2D eigenvalue weighted by atomic mass is 10.1. The fourth-order valence-electron chi connectivity index (χ4n) is 2.24. The fraction of sp³-hybridized carbons (Fsp3) is 0.105. The van der Waals surface area contributed by atoms with Crippen LogP contribution in [0.25, 0.3) is 11.3 Å². The summed E-state index contributed by atoms with van der Waals surface area (Å²) >= 11 is 13.5. The standard InChI is InChI=1S/C19H15Cl2N3OS/c20-14-6-7-15(21)17(10-14)24-18(25)8-9-26-19-11-16(22-12-23-19)13-4-2-1-3-5-13/h1-7,10-12H,8-9H2,(H,24,25). The van der Waals surface area contributed by atoms with Crippen LogP contribution in [0.15, 0.2) is 66.0 Å². The van der Waals surface area contributed by atoms with Gasteiger partial charge in [0.2, 0.25) is 5.91 Å². The van der Waals surface area contributed by atoms with Crippen molar-refractivity contribution in [2.75, 3.05) is 11.1 Å². The van der Waals surface area contributed by atoms with E-state index in [9.17, 15) is 4.79 Å². The first kappa shape index (κ1) is 18.7. The van der Waals surface area contributed by atoms with Gasteiger partial charge in [-0.3, -0.25) is 4.79 Å². The molecule has 0 aliphatic carbocycles. The van der Waals surface area contributed by atoms with Crippen LogP contribution in [0.5, 0.6) is 0 Å². The lowest BCUT2D eigenvalue weighted by Crippen LogP contribution is -2.12. The molecule has 1 aromatic heterocycles. The Morgan fingerprint density at radius 1 is 1.04 bits per heavy atom. The maximum Gasteiger partial charge on any atom is 0.225 e. The van der Waals surface area contributed by atoms with Crippen molar-refractivity contribution in [2.45, 2.75) is 11.4 Å². The SMILES string of the molecule is O=C(CCSc1cc(-c2ccccc2)ncn1)Nc1cc(Cl)ccc1Cl. The van der Waals surface area contributed by atoms with E-state index in [-0.39, 0.29) is 5.91 Å². The van der Waals surface area contributed by atoms with Gasteiger partial charge in [0.05, 0.1) is 21.4 Å². The monoisotopic (exact) mass is 403 g/mol. The zero-order valence-corrected chi connectivity index (χ0v) is 16.0. The molecule has 0 atom stereocenters. The molecule has 26 heavy (non-hydrogen) atoms. The van der Waals surface area contributed by atoms with Crippen molar-refractivity contribution in [1.29, 1.82) is 0 Å². The molecule has 0 saturated carbocycles. The van der Waals surface area contributed by atoms with Crippen LogP contribution in [0.3, 0.4) is 0 Å². The van der Waals surface area contributed by atoms with Crippen LogP contribution < -0.4 is 5.32 Å². The lowest BCUT2D eigenvalue weighted by molar-refractivity contribution is -0.115. The number of amides is 1. The zero-order valence-electron chi connectivity index (χ0n) is 13.7. The molecule has 3 aromatic rings. The highest BCUT2D eigenvalue weighted by Crippen LogP contribution is 2.26. The number of aromatic nitrogens is 2. The average Bonchev–Trinajstić information content (AvgIpc) is 2.66. The number of benzene rings is 2. The van der Waals surface area contributed by atoms with Gasteiger partial charge in [-0.1, -0.05) is 53.5 Å². The predicted molar refractivity (Wildman–Crippen MR) is 108 cm³/mol. The Bertz CT molecular complexity index is 906. The van der Waals surface area contributed by atoms with E-state index in [1.54, 1.807) is 18.2 Å². The quantitative estimate of drug-likeness (QED) is 0.431. The van der Waals surface area contributed by atoms with Crippen LogP contribution in [0.4, 0.5) is 5.69 Å².